The van der Waals surface area contributed by atoms with Gasteiger partial charge in [-0.2, -0.15) is 0 Å². The second-order valence-corrected chi connectivity index (χ2v) is 6.45. The van der Waals surface area contributed by atoms with Gasteiger partial charge in [-0.1, -0.05) is 19.3 Å². The van der Waals surface area contributed by atoms with Crippen molar-refractivity contribution in [2.75, 3.05) is 0 Å². The summed E-state index contributed by atoms with van der Waals surface area (Å²) in [5.41, 5.74) is 0.122. The normalized spacial score (nSPS) is 33.8. The summed E-state index contributed by atoms with van der Waals surface area (Å²) in [5, 5.41) is 0. The minimum absolute atomic E-state index is 0.122. The Bertz CT molecular complexity index is 230. The molecular weight excluding hydrogens is 216 g/mol. The largest absolute Gasteiger partial charge is 0.423 e. The molecule has 0 bridgehead atoms. The zero-order chi connectivity index (χ0) is 11.6. The molecule has 2 fully saturated rings. The maximum Gasteiger partial charge on any atom is 0.146 e. The molecule has 0 aromatic rings. The number of hydrogen-bond donors (Lipinski definition) is 0. The van der Waals surface area contributed by atoms with Gasteiger partial charge in [-0.3, -0.25) is 0 Å². The van der Waals surface area contributed by atoms with Gasteiger partial charge in [0.05, 0.1) is 12.2 Å². The van der Waals surface area contributed by atoms with Crippen molar-refractivity contribution in [1.29, 1.82) is 0 Å². The average molecular weight is 242 g/mol. The summed E-state index contributed by atoms with van der Waals surface area (Å²) in [4.78, 5) is 0. The lowest BCUT2D eigenvalue weighted by Crippen LogP contribution is -2.23. The lowest BCUT2D eigenvalue weighted by Gasteiger charge is -2.24. The van der Waals surface area contributed by atoms with E-state index in [9.17, 15) is 0 Å². The molecule has 0 amide bonds. The highest BCUT2D eigenvalue weighted by atomic mass is 28.2. The van der Waals surface area contributed by atoms with Crippen molar-refractivity contribution in [3.63, 3.8) is 0 Å². The molecule has 0 aromatic carbocycles. The smallest absolute Gasteiger partial charge is 0.146 e. The quantitative estimate of drug-likeness (QED) is 0.404. The predicted octanol–water partition coefficient (Wildman–Crippen LogP) is 2.19. The molecule has 1 saturated carbocycles. The third-order valence-electron chi connectivity index (χ3n) is 4.31. The maximum absolute atomic E-state index is 5.69. The van der Waals surface area contributed by atoms with Gasteiger partial charge in [0.15, 0.2) is 0 Å². The van der Waals surface area contributed by atoms with Gasteiger partial charge in [0.2, 0.25) is 0 Å². The van der Waals surface area contributed by atoms with E-state index in [-0.39, 0.29) is 5.60 Å². The SMILES string of the molecule is CC(C)(CCCCC1CCCC2OC12)O[SiH3]. The predicted molar refractivity (Wildman–Crippen MR) is 69.6 cm³/mol. The summed E-state index contributed by atoms with van der Waals surface area (Å²) in [6.07, 6.45) is 10.7. The topological polar surface area (TPSA) is 21.8 Å². The van der Waals surface area contributed by atoms with Crippen LogP contribution in [0.2, 0.25) is 0 Å². The molecule has 3 unspecified atom stereocenters. The molecule has 94 valence electrons. The third-order valence-corrected chi connectivity index (χ3v) is 5.41. The Morgan fingerprint density at radius 3 is 2.88 bits per heavy atom. The van der Waals surface area contributed by atoms with Crippen molar-refractivity contribution in [2.24, 2.45) is 5.92 Å². The van der Waals surface area contributed by atoms with Gasteiger partial charge in [0, 0.05) is 5.60 Å². The van der Waals surface area contributed by atoms with E-state index in [0.29, 0.717) is 12.2 Å². The number of hydrogen-bond acceptors (Lipinski definition) is 2. The van der Waals surface area contributed by atoms with Crippen LogP contribution in [-0.4, -0.2) is 28.3 Å². The zero-order valence-corrected chi connectivity index (χ0v) is 13.0. The molecule has 2 nitrogen and oxygen atoms in total. The van der Waals surface area contributed by atoms with Crippen LogP contribution in [0.15, 0.2) is 0 Å². The van der Waals surface area contributed by atoms with Crippen molar-refractivity contribution >= 4 is 10.5 Å². The van der Waals surface area contributed by atoms with Crippen LogP contribution in [0.25, 0.3) is 0 Å². The second-order valence-electron chi connectivity index (χ2n) is 6.04. The molecule has 1 aliphatic carbocycles. The third kappa shape index (κ3) is 3.31. The molecule has 1 aliphatic heterocycles. The molecule has 2 aliphatic rings. The monoisotopic (exact) mass is 242 g/mol. The lowest BCUT2D eigenvalue weighted by molar-refractivity contribution is 0.108. The minimum atomic E-state index is 0.122. The van der Waals surface area contributed by atoms with E-state index in [4.69, 9.17) is 9.16 Å². The van der Waals surface area contributed by atoms with Crippen molar-refractivity contribution in [3.8, 4) is 0 Å². The Morgan fingerprint density at radius 2 is 2.12 bits per heavy atom. The number of unbranched alkanes of at least 4 members (excludes halogenated alkanes) is 1. The van der Waals surface area contributed by atoms with Crippen LogP contribution in [0.5, 0.6) is 0 Å². The molecule has 0 N–H and O–H groups in total. The summed E-state index contributed by atoms with van der Waals surface area (Å²) in [7, 11) is 0.856. The molecule has 16 heavy (non-hydrogen) atoms. The fourth-order valence-electron chi connectivity index (χ4n) is 2.92. The van der Waals surface area contributed by atoms with Crippen LogP contribution in [0, 0.1) is 5.92 Å². The van der Waals surface area contributed by atoms with Gasteiger partial charge >= 0.3 is 0 Å². The molecule has 1 saturated heterocycles. The minimum Gasteiger partial charge on any atom is -0.423 e. The van der Waals surface area contributed by atoms with Gasteiger partial charge in [-0.05, 0) is 45.4 Å². The number of ether oxygens (including phenoxy) is 1. The number of rotatable bonds is 6. The van der Waals surface area contributed by atoms with Crippen molar-refractivity contribution in [1.82, 2.24) is 0 Å². The Balaban J connectivity index is 1.58. The van der Waals surface area contributed by atoms with E-state index in [0.717, 1.165) is 16.4 Å². The molecule has 0 aromatic heterocycles. The Hall–Kier alpha value is 0.137. The van der Waals surface area contributed by atoms with Gasteiger partial charge in [-0.15, -0.1) is 0 Å². The van der Waals surface area contributed by atoms with Gasteiger partial charge in [-0.25, -0.2) is 0 Å². The fraction of sp³-hybridized carbons (Fsp3) is 1.00. The summed E-state index contributed by atoms with van der Waals surface area (Å²) < 4.78 is 11.3. The lowest BCUT2D eigenvalue weighted by atomic mass is 9.85. The van der Waals surface area contributed by atoms with E-state index >= 15 is 0 Å². The van der Waals surface area contributed by atoms with E-state index in [1.807, 2.05) is 0 Å². The van der Waals surface area contributed by atoms with Crippen molar-refractivity contribution in [2.45, 2.75) is 76.6 Å². The summed E-state index contributed by atoms with van der Waals surface area (Å²) in [5.74, 6) is 0.874. The molecule has 0 radical (unpaired) electrons. The number of epoxide rings is 1. The highest BCUT2D eigenvalue weighted by Crippen LogP contribution is 2.42. The van der Waals surface area contributed by atoms with Crippen LogP contribution in [0.3, 0.4) is 0 Å². The van der Waals surface area contributed by atoms with Gasteiger partial charge in [0.25, 0.3) is 0 Å². The fourth-order valence-corrected chi connectivity index (χ4v) is 3.12. The Kier molecular flexibility index (Phi) is 4.09. The maximum atomic E-state index is 5.69. The molecule has 3 heteroatoms. The summed E-state index contributed by atoms with van der Waals surface area (Å²) in [6.45, 7) is 4.42. The first-order valence-electron chi connectivity index (χ1n) is 6.83. The first-order chi connectivity index (χ1) is 7.62. The van der Waals surface area contributed by atoms with E-state index in [2.05, 4.69) is 13.8 Å². The van der Waals surface area contributed by atoms with Gasteiger partial charge in [0.1, 0.15) is 10.5 Å². The van der Waals surface area contributed by atoms with E-state index < -0.39 is 0 Å². The summed E-state index contributed by atoms with van der Waals surface area (Å²) in [6, 6.07) is 0. The van der Waals surface area contributed by atoms with E-state index in [1.54, 1.807) is 0 Å². The van der Waals surface area contributed by atoms with E-state index in [1.165, 1.54) is 44.9 Å². The van der Waals surface area contributed by atoms with Crippen LogP contribution in [0.4, 0.5) is 0 Å². The van der Waals surface area contributed by atoms with Crippen LogP contribution in [0.1, 0.15) is 58.8 Å². The highest BCUT2D eigenvalue weighted by molar-refractivity contribution is 5.98. The Labute approximate surface area is 103 Å². The molecule has 1 heterocycles. The molecule has 3 atom stereocenters. The molecular formula is C13H26O2Si. The standard InChI is InChI=1S/C13H26O2Si/c1-13(2,15-16)9-4-3-6-10-7-5-8-11-12(10)14-11/h10-12H,3-9H2,1-2,16H3. The second kappa shape index (κ2) is 5.19. The first-order valence-corrected chi connectivity index (χ1v) is 7.65. The summed E-state index contributed by atoms with van der Waals surface area (Å²) >= 11 is 0. The van der Waals surface area contributed by atoms with Crippen LogP contribution in [-0.2, 0) is 9.16 Å². The van der Waals surface area contributed by atoms with Crippen LogP contribution < -0.4 is 0 Å². The molecule has 0 spiro atoms. The first kappa shape index (κ1) is 12.6. The average Bonchev–Trinajstić information content (AvgIpc) is 3.04. The van der Waals surface area contributed by atoms with Crippen LogP contribution >= 0.6 is 0 Å². The highest BCUT2D eigenvalue weighted by Gasteiger charge is 2.46. The van der Waals surface area contributed by atoms with Crippen molar-refractivity contribution < 1.29 is 9.16 Å². The Morgan fingerprint density at radius 1 is 1.31 bits per heavy atom. The zero-order valence-electron chi connectivity index (χ0n) is 11.0. The van der Waals surface area contributed by atoms with Gasteiger partial charge < -0.3 is 9.16 Å². The molecule has 2 rings (SSSR count). The van der Waals surface area contributed by atoms with Crippen molar-refractivity contribution in [3.05, 3.63) is 0 Å². The number of fused-ring (bicyclic) bond motifs is 1.